The number of hydrogen-bond donors (Lipinski definition) is 3. The molecule has 3 amide bonds. The van der Waals surface area contributed by atoms with E-state index in [-0.39, 0.29) is 16.3 Å². The zero-order chi connectivity index (χ0) is 35.2. The Labute approximate surface area is 275 Å². The molecule has 2 unspecified atom stereocenters. The number of halogens is 12. The number of alkyl halides is 8. The van der Waals surface area contributed by atoms with Crippen molar-refractivity contribution < 1.29 is 58.1 Å². The van der Waals surface area contributed by atoms with E-state index in [0.717, 1.165) is 18.2 Å². The van der Waals surface area contributed by atoms with Gasteiger partial charge in [-0.2, -0.15) is 26.3 Å². The quantitative estimate of drug-likeness (QED) is 0.162. The summed E-state index contributed by atoms with van der Waals surface area (Å²) in [5, 5.41) is 5.64. The lowest BCUT2D eigenvalue weighted by molar-refractivity contribution is -0.140. The average molecular weight is 755 g/mol. The van der Waals surface area contributed by atoms with Crippen molar-refractivity contribution in [2.24, 2.45) is 5.92 Å². The van der Waals surface area contributed by atoms with Gasteiger partial charge < -0.3 is 16.0 Å². The van der Waals surface area contributed by atoms with Gasteiger partial charge in [-0.25, -0.2) is 17.4 Å². The summed E-state index contributed by atoms with van der Waals surface area (Å²) in [7, 11) is -3.66. The number of benzene rings is 3. The third kappa shape index (κ3) is 7.96. The summed E-state index contributed by atoms with van der Waals surface area (Å²) in [6, 6.07) is 6.60. The number of nitrogens with one attached hydrogen (secondary N) is 3. The molecule has 0 saturated heterocycles. The molecule has 3 aromatic rings. The molecule has 0 radical (unpaired) electrons. The highest BCUT2D eigenvalue weighted by molar-refractivity contribution is 7.86. The van der Waals surface area contributed by atoms with Crippen molar-refractivity contribution in [1.29, 1.82) is 0 Å². The van der Waals surface area contributed by atoms with Crippen LogP contribution in [-0.2, 0) is 26.6 Å². The van der Waals surface area contributed by atoms with Gasteiger partial charge in [0.15, 0.2) is 5.82 Å². The smallest absolute Gasteiger partial charge is 0.326 e. The van der Waals surface area contributed by atoms with E-state index >= 15 is 0 Å². The Morgan fingerprint density at radius 3 is 2.11 bits per heavy atom. The topological polar surface area (TPSA) is 104 Å². The van der Waals surface area contributed by atoms with Crippen LogP contribution in [0.1, 0.15) is 27.4 Å². The maximum atomic E-state index is 15.0. The van der Waals surface area contributed by atoms with Crippen LogP contribution in [0.25, 0.3) is 0 Å². The Morgan fingerprint density at radius 1 is 0.851 bits per heavy atom. The first-order chi connectivity index (χ1) is 21.6. The zero-order valence-corrected chi connectivity index (χ0v) is 25.6. The molecule has 252 valence electrons. The van der Waals surface area contributed by atoms with Gasteiger partial charge in [0.05, 0.1) is 27.8 Å². The highest BCUT2D eigenvalue weighted by atomic mass is 35.5. The summed E-state index contributed by atoms with van der Waals surface area (Å²) < 4.78 is 129. The van der Waals surface area contributed by atoms with E-state index in [1.165, 1.54) is 11.4 Å². The molecule has 0 spiro atoms. The van der Waals surface area contributed by atoms with Gasteiger partial charge >= 0.3 is 11.7 Å². The van der Waals surface area contributed by atoms with Gasteiger partial charge in [0.1, 0.15) is 38.2 Å². The molecule has 20 heteroatoms. The van der Waals surface area contributed by atoms with Gasteiger partial charge in [-0.15, -0.1) is 23.2 Å². The standard InChI is InChI=1S/C27H15Cl3F9N3O4S/c28-14-3-2-11(40-24(45)20-19(25(20,29)30)10-1-4-15(31)13(7-10)26(34,35)36)8-12(14)23(44)41-17-6-5-16(32)22(21(17)33)42-18(43)9-47(46)27(37,38)39/h1-8,19-20H,9H2,(H,40,45)(H,41,44)(H,42,43)/t19-,20?,47?/m0/s1. The van der Waals surface area contributed by atoms with Gasteiger partial charge in [-0.3, -0.25) is 14.4 Å². The van der Waals surface area contributed by atoms with Crippen LogP contribution in [0.5, 0.6) is 0 Å². The maximum absolute atomic E-state index is 15.0. The molecular formula is C27H15Cl3F9N3O4S. The average Bonchev–Trinajstić information content (AvgIpc) is 3.54. The van der Waals surface area contributed by atoms with Crippen LogP contribution in [0.3, 0.4) is 0 Å². The number of rotatable bonds is 8. The minimum atomic E-state index is -5.27. The first kappa shape index (κ1) is 36.3. The second-order valence-electron chi connectivity index (χ2n) is 9.77. The van der Waals surface area contributed by atoms with Gasteiger partial charge in [0.25, 0.3) is 5.91 Å². The van der Waals surface area contributed by atoms with Crippen molar-refractivity contribution in [1.82, 2.24) is 0 Å². The van der Waals surface area contributed by atoms with Gasteiger partial charge in [-0.1, -0.05) is 17.7 Å². The van der Waals surface area contributed by atoms with E-state index in [4.69, 9.17) is 34.8 Å². The maximum Gasteiger partial charge on any atom is 0.471 e. The summed E-state index contributed by atoms with van der Waals surface area (Å²) in [4.78, 5) is 37.7. The molecule has 0 bridgehead atoms. The molecule has 0 heterocycles. The monoisotopic (exact) mass is 753 g/mol. The van der Waals surface area contributed by atoms with E-state index in [1.807, 2.05) is 5.32 Å². The fourth-order valence-corrected chi connectivity index (χ4v) is 5.85. The van der Waals surface area contributed by atoms with E-state index in [1.54, 1.807) is 0 Å². The van der Waals surface area contributed by atoms with Crippen molar-refractivity contribution in [3.8, 4) is 0 Å². The molecule has 1 saturated carbocycles. The third-order valence-corrected chi connectivity index (χ3v) is 8.90. The summed E-state index contributed by atoms with van der Waals surface area (Å²) in [6.07, 6.45) is -5.04. The van der Waals surface area contributed by atoms with Crippen molar-refractivity contribution in [2.45, 2.75) is 21.9 Å². The Balaban J connectivity index is 1.50. The molecule has 0 aliphatic heterocycles. The van der Waals surface area contributed by atoms with E-state index in [2.05, 4.69) is 5.32 Å². The van der Waals surface area contributed by atoms with Crippen LogP contribution < -0.4 is 16.0 Å². The lowest BCUT2D eigenvalue weighted by Crippen LogP contribution is -2.28. The molecule has 0 aromatic heterocycles. The Morgan fingerprint density at radius 2 is 1.49 bits per heavy atom. The van der Waals surface area contributed by atoms with Crippen molar-refractivity contribution in [2.75, 3.05) is 21.7 Å². The molecule has 1 fully saturated rings. The minimum absolute atomic E-state index is 0.125. The Bertz CT molecular complexity index is 1810. The summed E-state index contributed by atoms with van der Waals surface area (Å²) in [6.45, 7) is 0. The lowest BCUT2D eigenvalue weighted by Gasteiger charge is -2.14. The number of anilines is 3. The summed E-state index contributed by atoms with van der Waals surface area (Å²) >= 11 is 18.4. The van der Waals surface area contributed by atoms with Crippen LogP contribution in [-0.4, -0.2) is 37.5 Å². The SMILES string of the molecule is O=C(CS(=O)C(F)(F)F)Nc1c(F)ccc(NC(=O)c2cc(NC(=O)C3[C@H](c4ccc(F)c(C(F)(F)F)c4)C3(Cl)Cl)ccc2Cl)c1F. The molecule has 47 heavy (non-hydrogen) atoms. The molecule has 4 rings (SSSR count). The van der Waals surface area contributed by atoms with Gasteiger partial charge in [0.2, 0.25) is 11.8 Å². The highest BCUT2D eigenvalue weighted by Crippen LogP contribution is 2.65. The fraction of sp³-hybridized carbons (Fsp3) is 0.222. The van der Waals surface area contributed by atoms with Crippen LogP contribution in [0, 0.1) is 23.4 Å². The zero-order valence-electron chi connectivity index (χ0n) is 22.6. The molecule has 7 nitrogen and oxygen atoms in total. The molecule has 3 atom stereocenters. The minimum Gasteiger partial charge on any atom is -0.326 e. The summed E-state index contributed by atoms with van der Waals surface area (Å²) in [5.41, 5.74) is -9.61. The molecular weight excluding hydrogens is 740 g/mol. The second kappa shape index (κ2) is 13.2. The van der Waals surface area contributed by atoms with E-state index < -0.39 is 102 Å². The normalized spacial score (nSPS) is 17.9. The predicted octanol–water partition coefficient (Wildman–Crippen LogP) is 7.76. The lowest BCUT2D eigenvalue weighted by atomic mass is 10.0. The van der Waals surface area contributed by atoms with Gasteiger partial charge in [-0.05, 0) is 48.0 Å². The van der Waals surface area contributed by atoms with Crippen LogP contribution in [0.15, 0.2) is 48.5 Å². The number of carbonyl (C=O) groups is 3. The fourth-order valence-electron chi connectivity index (χ4n) is 4.35. The third-order valence-electron chi connectivity index (χ3n) is 6.59. The summed E-state index contributed by atoms with van der Waals surface area (Å²) in [5.74, 6) is -12.5. The highest BCUT2D eigenvalue weighted by Gasteiger charge is 2.67. The van der Waals surface area contributed by atoms with Crippen molar-refractivity contribution >= 4 is 80.4 Å². The van der Waals surface area contributed by atoms with Crippen LogP contribution >= 0.6 is 34.8 Å². The largest absolute Gasteiger partial charge is 0.471 e. The molecule has 3 N–H and O–H groups in total. The predicted molar refractivity (Wildman–Crippen MR) is 154 cm³/mol. The Hall–Kier alpha value is -3.54. The second-order valence-corrected chi connectivity index (χ2v) is 13.1. The number of carbonyl (C=O) groups excluding carboxylic acids is 3. The number of amides is 3. The number of hydrogen-bond acceptors (Lipinski definition) is 4. The Kier molecular flexibility index (Phi) is 10.2. The van der Waals surface area contributed by atoms with Crippen LogP contribution in [0.4, 0.5) is 56.6 Å². The first-order valence-corrected chi connectivity index (χ1v) is 15.0. The molecule has 1 aliphatic carbocycles. The molecule has 1 aliphatic rings. The van der Waals surface area contributed by atoms with Crippen molar-refractivity contribution in [3.05, 3.63) is 87.7 Å². The van der Waals surface area contributed by atoms with E-state index in [0.29, 0.717) is 24.3 Å². The van der Waals surface area contributed by atoms with Crippen LogP contribution in [0.2, 0.25) is 5.02 Å². The van der Waals surface area contributed by atoms with Crippen molar-refractivity contribution in [3.63, 3.8) is 0 Å². The van der Waals surface area contributed by atoms with E-state index in [9.17, 15) is 58.1 Å². The first-order valence-electron chi connectivity index (χ1n) is 12.5. The molecule has 3 aromatic carbocycles. The van der Waals surface area contributed by atoms with Gasteiger partial charge in [0, 0.05) is 11.6 Å².